The zero-order valence-electron chi connectivity index (χ0n) is 8.78. The summed E-state index contributed by atoms with van der Waals surface area (Å²) < 4.78 is 5.86. The molecule has 1 aromatic rings. The minimum atomic E-state index is -0.945. The van der Waals surface area contributed by atoms with Crippen molar-refractivity contribution >= 4 is 26.2 Å². The number of hydrogen-bond donors (Lipinski definition) is 0. The zero-order chi connectivity index (χ0) is 10.6. The number of ether oxygens (including phenoxy) is 1. The summed E-state index contributed by atoms with van der Waals surface area (Å²) in [6.45, 7) is 0. The van der Waals surface area contributed by atoms with Crippen LogP contribution in [-0.2, 0) is 9.10 Å². The number of benzene rings is 1. The number of esters is 1. The first kappa shape index (κ1) is 11.6. The molecule has 0 spiro atoms. The van der Waals surface area contributed by atoms with E-state index in [9.17, 15) is 4.79 Å². The van der Waals surface area contributed by atoms with E-state index in [4.69, 9.17) is 0 Å². The summed E-state index contributed by atoms with van der Waals surface area (Å²) in [7, 11) is 1.40. The summed E-state index contributed by atoms with van der Waals surface area (Å²) in [6.07, 6.45) is 0. The molecule has 1 rings (SSSR count). The summed E-state index contributed by atoms with van der Waals surface area (Å²) in [5, 5.41) is 0. The van der Waals surface area contributed by atoms with E-state index in [0.29, 0.717) is 5.56 Å². The summed E-state index contributed by atoms with van der Waals surface area (Å²) >= 11 is -0.945. The Morgan fingerprint density at radius 3 is 2.29 bits per heavy atom. The van der Waals surface area contributed by atoms with Gasteiger partial charge in [-0.15, -0.1) is 0 Å². The Hall–Kier alpha value is -0.492. The van der Waals surface area contributed by atoms with Crippen molar-refractivity contribution < 1.29 is 9.53 Å². The molecule has 2 nitrogen and oxygen atoms in total. The van der Waals surface area contributed by atoms with Gasteiger partial charge in [0.25, 0.3) is 0 Å². The van der Waals surface area contributed by atoms with Gasteiger partial charge in [-0.05, 0) is 0 Å². The Kier molecular flexibility index (Phi) is 4.47. The van der Waals surface area contributed by atoms with Crippen LogP contribution in [0.15, 0.2) is 24.3 Å². The molecule has 0 aliphatic heterocycles. The van der Waals surface area contributed by atoms with Crippen molar-refractivity contribution in [3.8, 4) is 0 Å². The summed E-state index contributed by atoms with van der Waals surface area (Å²) in [5.74, 6) is -0.262. The van der Waals surface area contributed by atoms with Gasteiger partial charge in [0.15, 0.2) is 0 Å². The molecule has 0 radical (unpaired) electrons. The third-order valence-corrected chi connectivity index (χ3v) is 4.72. The Morgan fingerprint density at radius 1 is 1.29 bits per heavy atom. The Balaban J connectivity index is 2.73. The number of carbonyl (C=O) groups excluding carboxylic acids is 1. The molecule has 0 atom stereocenters. The van der Waals surface area contributed by atoms with Gasteiger partial charge in [-0.2, -0.15) is 0 Å². The molecule has 0 amide bonds. The number of hydrogen-bond acceptors (Lipinski definition) is 2. The zero-order valence-corrected chi connectivity index (χ0v) is 11.3. The first-order valence-corrected chi connectivity index (χ1v) is 11.4. The van der Waals surface area contributed by atoms with Crippen LogP contribution in [0.5, 0.6) is 0 Å². The van der Waals surface area contributed by atoms with Gasteiger partial charge < -0.3 is 0 Å². The second kappa shape index (κ2) is 5.40. The molecule has 0 unspecified atom stereocenters. The second-order valence-corrected chi connectivity index (χ2v) is 10.5. The molecule has 1 aromatic carbocycles. The third kappa shape index (κ3) is 3.34. The fourth-order valence-electron chi connectivity index (χ4n) is 1.23. The molecular weight excluding hydrogens is 286 g/mol. The van der Waals surface area contributed by atoms with Gasteiger partial charge in [0.1, 0.15) is 0 Å². The monoisotopic (exact) mass is 300 g/mol. The van der Waals surface area contributed by atoms with Crippen molar-refractivity contribution in [2.24, 2.45) is 0 Å². The Labute approximate surface area is 92.2 Å². The van der Waals surface area contributed by atoms with Gasteiger partial charge >= 0.3 is 92.3 Å². The van der Waals surface area contributed by atoms with E-state index in [1.807, 2.05) is 24.3 Å². The third-order valence-electron chi connectivity index (χ3n) is 1.87. The predicted octanol–water partition coefficient (Wildman–Crippen LogP) is 2.31. The van der Waals surface area contributed by atoms with Gasteiger partial charge in [0, 0.05) is 0 Å². The number of carbonyl (C=O) groups is 1. The first-order valence-electron chi connectivity index (χ1n) is 4.45. The van der Waals surface area contributed by atoms with Crippen molar-refractivity contribution in [2.75, 3.05) is 7.11 Å². The number of rotatable bonds is 3. The summed E-state index contributed by atoms with van der Waals surface area (Å²) in [6, 6.07) is 7.73. The van der Waals surface area contributed by atoms with E-state index in [1.165, 1.54) is 17.0 Å². The maximum absolute atomic E-state index is 11.1. The van der Waals surface area contributed by atoms with Crippen LogP contribution in [0.1, 0.15) is 15.9 Å². The second-order valence-electron chi connectivity index (χ2n) is 3.43. The molecule has 0 saturated carbocycles. The van der Waals surface area contributed by atoms with Crippen LogP contribution in [0.3, 0.4) is 0 Å². The van der Waals surface area contributed by atoms with Crippen LogP contribution >= 0.6 is 0 Å². The van der Waals surface area contributed by atoms with Crippen LogP contribution in [-0.4, -0.2) is 33.3 Å². The molecule has 0 bridgehead atoms. The molecule has 0 heterocycles. The van der Waals surface area contributed by atoms with E-state index in [0.717, 1.165) is 0 Å². The fraction of sp³-hybridized carbons (Fsp3) is 0.364. The van der Waals surface area contributed by atoms with E-state index in [1.54, 1.807) is 0 Å². The molecule has 0 aliphatic carbocycles. The van der Waals surface area contributed by atoms with Gasteiger partial charge in [-0.1, -0.05) is 0 Å². The van der Waals surface area contributed by atoms with Crippen molar-refractivity contribution in [1.29, 1.82) is 0 Å². The van der Waals surface area contributed by atoms with Crippen molar-refractivity contribution in [2.45, 2.75) is 14.1 Å². The molecule has 0 saturated heterocycles. The van der Waals surface area contributed by atoms with Crippen LogP contribution in [0.4, 0.5) is 0 Å². The fourth-order valence-corrected chi connectivity index (χ4v) is 3.92. The van der Waals surface area contributed by atoms with Gasteiger partial charge in [-0.3, -0.25) is 0 Å². The molecular formula is C11H15O2Sb. The van der Waals surface area contributed by atoms with E-state index in [-0.39, 0.29) is 5.97 Å². The Morgan fingerprint density at radius 2 is 1.86 bits per heavy atom. The molecule has 0 aromatic heterocycles. The van der Waals surface area contributed by atoms with Crippen LogP contribution in [0.25, 0.3) is 0 Å². The van der Waals surface area contributed by atoms with Crippen molar-refractivity contribution in [3.05, 3.63) is 35.4 Å². The predicted molar refractivity (Wildman–Crippen MR) is 59.0 cm³/mol. The molecule has 14 heavy (non-hydrogen) atoms. The maximum atomic E-state index is 11.1. The SMILES string of the molecule is COC(=O)c1ccc([CH2][Sb]([CH3])[CH3])cc1. The summed E-state index contributed by atoms with van der Waals surface area (Å²) in [4.78, 5) is 15.9. The summed E-state index contributed by atoms with van der Waals surface area (Å²) in [5.41, 5.74) is 1.97. The van der Waals surface area contributed by atoms with Crippen LogP contribution in [0, 0.1) is 0 Å². The standard InChI is InChI=1S/C9H9O2.2CH3.Sb/c1-7-3-5-8(6-4-7)9(10)11-2;;;/h3-6H,1H2,2H3;2*1H3;. The minimum absolute atomic E-state index is 0.262. The van der Waals surface area contributed by atoms with Crippen molar-refractivity contribution in [1.82, 2.24) is 0 Å². The molecule has 3 heteroatoms. The van der Waals surface area contributed by atoms with Gasteiger partial charge in [-0.25, -0.2) is 0 Å². The first-order chi connectivity index (χ1) is 6.63. The average Bonchev–Trinajstić information content (AvgIpc) is 2.17. The number of methoxy groups -OCH3 is 1. The molecule has 0 aliphatic rings. The van der Waals surface area contributed by atoms with E-state index in [2.05, 4.69) is 14.5 Å². The van der Waals surface area contributed by atoms with E-state index >= 15 is 0 Å². The van der Waals surface area contributed by atoms with Gasteiger partial charge in [0.2, 0.25) is 0 Å². The average molecular weight is 301 g/mol. The quantitative estimate of drug-likeness (QED) is 0.632. The molecule has 0 N–H and O–H groups in total. The topological polar surface area (TPSA) is 26.3 Å². The van der Waals surface area contributed by atoms with Crippen LogP contribution < -0.4 is 0 Å². The van der Waals surface area contributed by atoms with Crippen LogP contribution in [0.2, 0.25) is 9.74 Å². The normalized spacial score (nSPS) is 10.3. The molecule has 76 valence electrons. The van der Waals surface area contributed by atoms with E-state index < -0.39 is 20.2 Å². The van der Waals surface area contributed by atoms with Crippen molar-refractivity contribution in [3.63, 3.8) is 0 Å². The van der Waals surface area contributed by atoms with Gasteiger partial charge in [0.05, 0.1) is 0 Å². The molecule has 0 fully saturated rings. The Bertz CT molecular complexity index is 304.